The number of esters is 1. The average molecular weight is 427 g/mol. The first kappa shape index (κ1) is 22.0. The van der Waals surface area contributed by atoms with Crippen molar-refractivity contribution in [3.05, 3.63) is 23.2 Å². The largest absolute Gasteiger partial charge is 0.496 e. The summed E-state index contributed by atoms with van der Waals surface area (Å²) in [6.45, 7) is 3.94. The first-order valence-electron chi connectivity index (χ1n) is 8.60. The van der Waals surface area contributed by atoms with Gasteiger partial charge >= 0.3 is 5.97 Å². The van der Waals surface area contributed by atoms with Crippen LogP contribution in [0.25, 0.3) is 11.4 Å². The monoisotopic (exact) mass is 426 g/mol. The number of hydrogen-bond donors (Lipinski definition) is 2. The quantitative estimate of drug-likeness (QED) is 0.469. The lowest BCUT2D eigenvalue weighted by Gasteiger charge is -2.17. The number of aromatic amines is 1. The highest BCUT2D eigenvalue weighted by Gasteiger charge is 2.23. The lowest BCUT2D eigenvalue weighted by molar-refractivity contribution is -0.145. The van der Waals surface area contributed by atoms with Gasteiger partial charge in [-0.1, -0.05) is 37.2 Å². The number of ether oxygens (including phenoxy) is 2. The van der Waals surface area contributed by atoms with Crippen LogP contribution in [0.2, 0.25) is 5.02 Å². The number of carbonyl (C=O) groups excluding carboxylic acids is 2. The van der Waals surface area contributed by atoms with Crippen molar-refractivity contribution in [1.29, 1.82) is 0 Å². The van der Waals surface area contributed by atoms with E-state index < -0.39 is 12.0 Å². The molecule has 0 saturated heterocycles. The molecular formula is C18H23ClN4O4S. The Kier molecular flexibility index (Phi) is 8.13. The summed E-state index contributed by atoms with van der Waals surface area (Å²) in [5.74, 6) is 0.627. The Morgan fingerprint density at radius 2 is 2.07 bits per heavy atom. The van der Waals surface area contributed by atoms with Gasteiger partial charge in [0.2, 0.25) is 11.1 Å². The molecule has 0 radical (unpaired) electrons. The summed E-state index contributed by atoms with van der Waals surface area (Å²) < 4.78 is 10.1. The highest BCUT2D eigenvalue weighted by molar-refractivity contribution is 7.99. The number of rotatable bonds is 9. The van der Waals surface area contributed by atoms with E-state index in [-0.39, 0.29) is 17.6 Å². The second-order valence-corrected chi connectivity index (χ2v) is 7.75. The summed E-state index contributed by atoms with van der Waals surface area (Å²) in [6, 6.07) is 4.50. The van der Waals surface area contributed by atoms with Crippen molar-refractivity contribution >= 4 is 35.2 Å². The molecule has 1 atom stereocenters. The molecule has 152 valence electrons. The van der Waals surface area contributed by atoms with Crippen LogP contribution < -0.4 is 10.1 Å². The zero-order valence-electron chi connectivity index (χ0n) is 16.1. The number of aromatic nitrogens is 3. The van der Waals surface area contributed by atoms with E-state index in [9.17, 15) is 9.59 Å². The van der Waals surface area contributed by atoms with Gasteiger partial charge in [0.25, 0.3) is 0 Å². The van der Waals surface area contributed by atoms with Crippen molar-refractivity contribution in [3.8, 4) is 17.1 Å². The Labute approximate surface area is 172 Å². The van der Waals surface area contributed by atoms with Crippen molar-refractivity contribution in [1.82, 2.24) is 20.5 Å². The van der Waals surface area contributed by atoms with Gasteiger partial charge in [0, 0.05) is 5.02 Å². The Balaban J connectivity index is 1.99. The van der Waals surface area contributed by atoms with Crippen molar-refractivity contribution in [2.24, 2.45) is 5.92 Å². The summed E-state index contributed by atoms with van der Waals surface area (Å²) in [7, 11) is 2.86. The van der Waals surface area contributed by atoms with Crippen LogP contribution in [0.3, 0.4) is 0 Å². The molecule has 0 bridgehead atoms. The van der Waals surface area contributed by atoms with Gasteiger partial charge in [-0.15, -0.1) is 5.10 Å². The highest BCUT2D eigenvalue weighted by Crippen LogP contribution is 2.31. The number of hydrogen-bond acceptors (Lipinski definition) is 7. The molecular weight excluding hydrogens is 404 g/mol. The van der Waals surface area contributed by atoms with Crippen LogP contribution in [0.5, 0.6) is 5.75 Å². The Morgan fingerprint density at radius 3 is 2.71 bits per heavy atom. The van der Waals surface area contributed by atoms with Gasteiger partial charge in [-0.3, -0.25) is 9.89 Å². The zero-order chi connectivity index (χ0) is 20.7. The maximum atomic E-state index is 12.2. The van der Waals surface area contributed by atoms with Crippen LogP contribution >= 0.6 is 23.4 Å². The number of halogens is 1. The summed E-state index contributed by atoms with van der Waals surface area (Å²) in [5.41, 5.74) is 0.668. The fourth-order valence-electron chi connectivity index (χ4n) is 2.49. The molecule has 0 aliphatic carbocycles. The van der Waals surface area contributed by atoms with Crippen molar-refractivity contribution < 1.29 is 19.1 Å². The van der Waals surface area contributed by atoms with Crippen molar-refractivity contribution in [2.45, 2.75) is 31.5 Å². The number of nitrogens with one attached hydrogen (secondary N) is 2. The molecule has 0 saturated carbocycles. The second-order valence-electron chi connectivity index (χ2n) is 6.37. The normalized spacial score (nSPS) is 11.9. The van der Waals surface area contributed by atoms with Crippen molar-refractivity contribution in [2.75, 3.05) is 20.0 Å². The van der Waals surface area contributed by atoms with Gasteiger partial charge in [0.05, 0.1) is 25.5 Å². The number of amides is 1. The number of H-pyrrole nitrogens is 1. The molecule has 1 heterocycles. The lowest BCUT2D eigenvalue weighted by Crippen LogP contribution is -2.43. The van der Waals surface area contributed by atoms with Gasteiger partial charge in [-0.25, -0.2) is 9.78 Å². The SMILES string of the molecule is COC(=O)[C@H](CC(C)C)NC(=O)CSc1n[nH]c(-c2cc(Cl)ccc2OC)n1. The van der Waals surface area contributed by atoms with Crippen molar-refractivity contribution in [3.63, 3.8) is 0 Å². The first-order chi connectivity index (χ1) is 13.3. The fourth-order valence-corrected chi connectivity index (χ4v) is 3.27. The molecule has 28 heavy (non-hydrogen) atoms. The van der Waals surface area contributed by atoms with Gasteiger partial charge in [-0.05, 0) is 30.5 Å². The predicted octanol–water partition coefficient (Wildman–Crippen LogP) is 2.93. The van der Waals surface area contributed by atoms with E-state index in [2.05, 4.69) is 20.5 Å². The van der Waals surface area contributed by atoms with Crippen LogP contribution in [0, 0.1) is 5.92 Å². The average Bonchev–Trinajstić information content (AvgIpc) is 3.13. The maximum absolute atomic E-state index is 12.2. The predicted molar refractivity (Wildman–Crippen MR) is 108 cm³/mol. The molecule has 10 heteroatoms. The first-order valence-corrected chi connectivity index (χ1v) is 9.96. The molecule has 0 unspecified atom stereocenters. The van der Waals surface area contributed by atoms with E-state index in [1.807, 2.05) is 13.8 Å². The minimum Gasteiger partial charge on any atom is -0.496 e. The fraction of sp³-hybridized carbons (Fsp3) is 0.444. The number of methoxy groups -OCH3 is 2. The summed E-state index contributed by atoms with van der Waals surface area (Å²) in [5, 5.41) is 10.6. The summed E-state index contributed by atoms with van der Waals surface area (Å²) >= 11 is 7.19. The molecule has 1 aromatic carbocycles. The van der Waals surface area contributed by atoms with Gasteiger partial charge in [-0.2, -0.15) is 0 Å². The molecule has 1 aromatic heterocycles. The third kappa shape index (κ3) is 6.13. The van der Waals surface area contributed by atoms with E-state index in [0.29, 0.717) is 33.7 Å². The van der Waals surface area contributed by atoms with E-state index in [1.165, 1.54) is 7.11 Å². The smallest absolute Gasteiger partial charge is 0.328 e. The molecule has 0 fully saturated rings. The van der Waals surface area contributed by atoms with Gasteiger partial charge in [0.15, 0.2) is 5.82 Å². The number of thioether (sulfide) groups is 1. The Morgan fingerprint density at radius 1 is 1.32 bits per heavy atom. The van der Waals surface area contributed by atoms with E-state index in [0.717, 1.165) is 11.8 Å². The zero-order valence-corrected chi connectivity index (χ0v) is 17.7. The molecule has 2 aromatic rings. The summed E-state index contributed by atoms with van der Waals surface area (Å²) in [4.78, 5) is 28.4. The standard InChI is InChI=1S/C18H23ClN4O4S/c1-10(2)7-13(17(25)27-4)20-15(24)9-28-18-21-16(22-23-18)12-8-11(19)5-6-14(12)26-3/h5-6,8,10,13H,7,9H2,1-4H3,(H,20,24)(H,21,22,23)/t13-/m0/s1. The highest BCUT2D eigenvalue weighted by atomic mass is 35.5. The summed E-state index contributed by atoms with van der Waals surface area (Å²) in [6.07, 6.45) is 0.502. The third-order valence-corrected chi connectivity index (χ3v) is 4.82. The molecule has 0 aliphatic heterocycles. The molecule has 0 aliphatic rings. The minimum atomic E-state index is -0.670. The topological polar surface area (TPSA) is 106 Å². The second kappa shape index (κ2) is 10.3. The van der Waals surface area contributed by atoms with E-state index in [4.69, 9.17) is 21.1 Å². The van der Waals surface area contributed by atoms with Crippen LogP contribution in [0.15, 0.2) is 23.4 Å². The van der Waals surface area contributed by atoms with Gasteiger partial charge < -0.3 is 14.8 Å². The van der Waals surface area contributed by atoms with Crippen LogP contribution in [0.1, 0.15) is 20.3 Å². The maximum Gasteiger partial charge on any atom is 0.328 e. The molecule has 1 amide bonds. The third-order valence-electron chi connectivity index (χ3n) is 3.74. The lowest BCUT2D eigenvalue weighted by atomic mass is 10.0. The molecule has 8 nitrogen and oxygen atoms in total. The molecule has 2 rings (SSSR count). The van der Waals surface area contributed by atoms with Gasteiger partial charge in [0.1, 0.15) is 11.8 Å². The minimum absolute atomic E-state index is 0.0650. The Hall–Kier alpha value is -2.26. The number of nitrogens with zero attached hydrogens (tertiary/aromatic N) is 2. The molecule has 0 spiro atoms. The van der Waals surface area contributed by atoms with Crippen LogP contribution in [-0.4, -0.2) is 53.1 Å². The van der Waals surface area contributed by atoms with E-state index >= 15 is 0 Å². The van der Waals surface area contributed by atoms with Crippen LogP contribution in [-0.2, 0) is 14.3 Å². The number of carbonyl (C=O) groups is 2. The molecule has 2 N–H and O–H groups in total. The Bertz CT molecular complexity index is 828. The van der Waals surface area contributed by atoms with E-state index in [1.54, 1.807) is 25.3 Å². The van der Waals surface area contributed by atoms with Crippen LogP contribution in [0.4, 0.5) is 0 Å². The number of benzene rings is 1.